The molecule has 1 saturated heterocycles. The Morgan fingerprint density at radius 2 is 2.44 bits per heavy atom. The lowest BCUT2D eigenvalue weighted by atomic mass is 9.99. The van der Waals surface area contributed by atoms with Crippen molar-refractivity contribution < 1.29 is 4.79 Å². The van der Waals surface area contributed by atoms with Crippen LogP contribution in [-0.2, 0) is 4.79 Å². The van der Waals surface area contributed by atoms with Crippen molar-refractivity contribution in [2.75, 3.05) is 39.3 Å². The van der Waals surface area contributed by atoms with Crippen LogP contribution in [0.1, 0.15) is 26.2 Å². The van der Waals surface area contributed by atoms with Gasteiger partial charge in [0.05, 0.1) is 13.1 Å². The first-order chi connectivity index (χ1) is 8.76. The van der Waals surface area contributed by atoms with Crippen molar-refractivity contribution in [2.45, 2.75) is 26.2 Å². The summed E-state index contributed by atoms with van der Waals surface area (Å²) in [6.45, 7) is 7.12. The molecule has 0 spiro atoms. The number of nitrogens with zero attached hydrogens (tertiary/aromatic N) is 1. The van der Waals surface area contributed by atoms with Crippen LogP contribution in [0.5, 0.6) is 0 Å². The van der Waals surface area contributed by atoms with Gasteiger partial charge in [0.25, 0.3) is 0 Å². The Labute approximate surface area is 110 Å². The molecule has 102 valence electrons. The maximum Gasteiger partial charge on any atom is 0.234 e. The summed E-state index contributed by atoms with van der Waals surface area (Å²) in [6.07, 6.45) is 8.71. The van der Waals surface area contributed by atoms with Gasteiger partial charge in [0.1, 0.15) is 0 Å². The standard InChI is InChI=1S/C14H25N3O/c1-3-7-16-14(18)12-17(9-4-2)11-13-6-5-8-15-10-13/h1,13,15H,4-12H2,2H3,(H,16,18). The van der Waals surface area contributed by atoms with Crippen molar-refractivity contribution in [3.05, 3.63) is 0 Å². The zero-order valence-corrected chi connectivity index (χ0v) is 11.4. The highest BCUT2D eigenvalue weighted by Gasteiger charge is 2.18. The second kappa shape index (κ2) is 8.96. The van der Waals surface area contributed by atoms with Crippen LogP contribution in [0.25, 0.3) is 0 Å². The van der Waals surface area contributed by atoms with Crippen molar-refractivity contribution in [3.8, 4) is 12.3 Å². The van der Waals surface area contributed by atoms with Gasteiger partial charge in [0.15, 0.2) is 0 Å². The average Bonchev–Trinajstić information content (AvgIpc) is 2.38. The minimum atomic E-state index is 0.0326. The smallest absolute Gasteiger partial charge is 0.234 e. The van der Waals surface area contributed by atoms with Gasteiger partial charge in [-0.2, -0.15) is 0 Å². The van der Waals surface area contributed by atoms with Crippen LogP contribution < -0.4 is 10.6 Å². The molecular weight excluding hydrogens is 226 g/mol. The molecule has 1 rings (SSSR count). The molecule has 4 heteroatoms. The molecule has 1 atom stereocenters. The first kappa shape index (κ1) is 15.0. The van der Waals surface area contributed by atoms with Crippen molar-refractivity contribution in [1.29, 1.82) is 0 Å². The zero-order valence-electron chi connectivity index (χ0n) is 11.4. The van der Waals surface area contributed by atoms with E-state index in [1.54, 1.807) is 0 Å². The minimum absolute atomic E-state index is 0.0326. The van der Waals surface area contributed by atoms with Crippen LogP contribution in [0.4, 0.5) is 0 Å². The zero-order chi connectivity index (χ0) is 13.2. The molecule has 0 radical (unpaired) electrons. The Bertz CT molecular complexity index is 279. The van der Waals surface area contributed by atoms with E-state index in [1.165, 1.54) is 12.8 Å². The molecule has 1 heterocycles. The molecule has 0 aromatic rings. The van der Waals surface area contributed by atoms with Gasteiger partial charge in [0, 0.05) is 6.54 Å². The predicted octanol–water partition coefficient (Wildman–Crippen LogP) is 0.447. The summed E-state index contributed by atoms with van der Waals surface area (Å²) in [5.74, 6) is 3.13. The monoisotopic (exact) mass is 251 g/mol. The van der Waals surface area contributed by atoms with Crippen LogP contribution in [0.15, 0.2) is 0 Å². The van der Waals surface area contributed by atoms with Gasteiger partial charge >= 0.3 is 0 Å². The number of hydrogen-bond acceptors (Lipinski definition) is 3. The van der Waals surface area contributed by atoms with E-state index >= 15 is 0 Å². The van der Waals surface area contributed by atoms with E-state index in [0.717, 1.165) is 32.6 Å². The van der Waals surface area contributed by atoms with Crippen molar-refractivity contribution in [2.24, 2.45) is 5.92 Å². The summed E-state index contributed by atoms with van der Waals surface area (Å²) in [5.41, 5.74) is 0. The normalized spacial score (nSPS) is 19.5. The van der Waals surface area contributed by atoms with Gasteiger partial charge in [-0.15, -0.1) is 6.42 Å². The number of piperidine rings is 1. The summed E-state index contributed by atoms with van der Waals surface area (Å²) in [7, 11) is 0. The second-order valence-electron chi connectivity index (χ2n) is 4.93. The largest absolute Gasteiger partial charge is 0.344 e. The molecule has 1 aliphatic rings. The molecular formula is C14H25N3O. The maximum atomic E-state index is 11.7. The number of hydrogen-bond donors (Lipinski definition) is 2. The van der Waals surface area contributed by atoms with Gasteiger partial charge in [-0.3, -0.25) is 9.69 Å². The van der Waals surface area contributed by atoms with E-state index in [2.05, 4.69) is 28.4 Å². The van der Waals surface area contributed by atoms with E-state index in [-0.39, 0.29) is 5.91 Å². The first-order valence-corrected chi connectivity index (χ1v) is 6.89. The topological polar surface area (TPSA) is 44.4 Å². The Hall–Kier alpha value is -1.05. The highest BCUT2D eigenvalue weighted by molar-refractivity contribution is 5.78. The van der Waals surface area contributed by atoms with Crippen molar-refractivity contribution >= 4 is 5.91 Å². The Morgan fingerprint density at radius 1 is 1.61 bits per heavy atom. The molecule has 1 aliphatic heterocycles. The van der Waals surface area contributed by atoms with Gasteiger partial charge in [-0.25, -0.2) is 0 Å². The SMILES string of the molecule is C#CCNC(=O)CN(CCC)CC1CCCNC1. The number of amides is 1. The van der Waals surface area contributed by atoms with Crippen molar-refractivity contribution in [3.63, 3.8) is 0 Å². The fourth-order valence-corrected chi connectivity index (χ4v) is 2.40. The minimum Gasteiger partial charge on any atom is -0.344 e. The summed E-state index contributed by atoms with van der Waals surface area (Å²) in [4.78, 5) is 13.9. The average molecular weight is 251 g/mol. The fourth-order valence-electron chi connectivity index (χ4n) is 2.40. The Balaban J connectivity index is 2.33. The van der Waals surface area contributed by atoms with E-state index in [4.69, 9.17) is 6.42 Å². The molecule has 0 saturated carbocycles. The molecule has 0 aliphatic carbocycles. The van der Waals surface area contributed by atoms with E-state index in [9.17, 15) is 4.79 Å². The molecule has 0 aromatic heterocycles. The van der Waals surface area contributed by atoms with Crippen LogP contribution in [0, 0.1) is 18.3 Å². The lowest BCUT2D eigenvalue weighted by Crippen LogP contribution is -2.43. The van der Waals surface area contributed by atoms with E-state index in [0.29, 0.717) is 19.0 Å². The molecule has 4 nitrogen and oxygen atoms in total. The van der Waals surface area contributed by atoms with Gasteiger partial charge in [0.2, 0.25) is 5.91 Å². The maximum absolute atomic E-state index is 11.7. The summed E-state index contributed by atoms with van der Waals surface area (Å²) in [5, 5.41) is 6.14. The fraction of sp³-hybridized carbons (Fsp3) is 0.786. The van der Waals surface area contributed by atoms with Gasteiger partial charge in [-0.05, 0) is 44.8 Å². The molecule has 1 fully saturated rings. The quantitative estimate of drug-likeness (QED) is 0.646. The third-order valence-electron chi connectivity index (χ3n) is 3.21. The molecule has 1 amide bonds. The predicted molar refractivity (Wildman–Crippen MR) is 74.2 cm³/mol. The van der Waals surface area contributed by atoms with Crippen LogP contribution in [0.2, 0.25) is 0 Å². The second-order valence-corrected chi connectivity index (χ2v) is 4.93. The molecule has 0 aromatic carbocycles. The summed E-state index contributed by atoms with van der Waals surface area (Å²) < 4.78 is 0. The Morgan fingerprint density at radius 3 is 3.06 bits per heavy atom. The lowest BCUT2D eigenvalue weighted by molar-refractivity contribution is -0.122. The summed E-state index contributed by atoms with van der Waals surface area (Å²) >= 11 is 0. The molecule has 2 N–H and O–H groups in total. The molecule has 1 unspecified atom stereocenters. The Kier molecular flexibility index (Phi) is 7.47. The number of terminal acetylenes is 1. The molecule has 18 heavy (non-hydrogen) atoms. The first-order valence-electron chi connectivity index (χ1n) is 6.89. The highest BCUT2D eigenvalue weighted by Crippen LogP contribution is 2.11. The van der Waals surface area contributed by atoms with E-state index < -0.39 is 0 Å². The van der Waals surface area contributed by atoms with Gasteiger partial charge in [-0.1, -0.05) is 12.8 Å². The van der Waals surface area contributed by atoms with Crippen molar-refractivity contribution in [1.82, 2.24) is 15.5 Å². The lowest BCUT2D eigenvalue weighted by Gasteiger charge is -2.29. The highest BCUT2D eigenvalue weighted by atomic mass is 16.2. The van der Waals surface area contributed by atoms with E-state index in [1.807, 2.05) is 0 Å². The van der Waals surface area contributed by atoms with Crippen LogP contribution in [0.3, 0.4) is 0 Å². The number of nitrogens with one attached hydrogen (secondary N) is 2. The summed E-state index contributed by atoms with van der Waals surface area (Å²) in [6, 6.07) is 0. The van der Waals surface area contributed by atoms with Gasteiger partial charge < -0.3 is 10.6 Å². The number of rotatable bonds is 7. The third-order valence-corrected chi connectivity index (χ3v) is 3.21. The third kappa shape index (κ3) is 6.04. The van der Waals surface area contributed by atoms with Crippen LogP contribution in [-0.4, -0.2) is 50.1 Å². The molecule has 0 bridgehead atoms. The van der Waals surface area contributed by atoms with Crippen LogP contribution >= 0.6 is 0 Å². The number of carbonyl (C=O) groups is 1. The number of carbonyl (C=O) groups excluding carboxylic acids is 1.